The van der Waals surface area contributed by atoms with Gasteiger partial charge in [-0.25, -0.2) is 13.4 Å². The fraction of sp³-hybridized carbons (Fsp3) is 0.333. The first-order valence-corrected chi connectivity index (χ1v) is 13.7. The van der Waals surface area contributed by atoms with Crippen molar-refractivity contribution in [2.75, 3.05) is 11.6 Å². The molecule has 1 fully saturated rings. The fourth-order valence-electron chi connectivity index (χ4n) is 4.24. The van der Waals surface area contributed by atoms with Gasteiger partial charge < -0.3 is 10.6 Å². The van der Waals surface area contributed by atoms with Crippen LogP contribution in [0.5, 0.6) is 0 Å². The van der Waals surface area contributed by atoms with E-state index in [-0.39, 0.29) is 33.1 Å². The molecule has 4 rings (SSSR count). The highest BCUT2D eigenvalue weighted by Crippen LogP contribution is 2.35. The largest absolute Gasteiger partial charge is 0.433 e. The molecule has 36 heavy (non-hydrogen) atoms. The minimum Gasteiger partial charge on any atom is -0.382 e. The van der Waals surface area contributed by atoms with Gasteiger partial charge in [0, 0.05) is 34.4 Å². The summed E-state index contributed by atoms with van der Waals surface area (Å²) < 4.78 is 63.5. The number of halogens is 5. The molecule has 2 N–H and O–H groups in total. The van der Waals surface area contributed by atoms with Crippen molar-refractivity contribution in [1.82, 2.24) is 10.3 Å². The molecule has 3 aromatic rings. The molecule has 0 unspecified atom stereocenters. The second-order valence-corrected chi connectivity index (χ2v) is 11.7. The molecule has 0 saturated heterocycles. The van der Waals surface area contributed by atoms with Crippen LogP contribution in [0.4, 0.5) is 18.9 Å². The molecule has 1 heterocycles. The molecule has 1 saturated carbocycles. The molecule has 0 spiro atoms. The van der Waals surface area contributed by atoms with Gasteiger partial charge >= 0.3 is 6.18 Å². The van der Waals surface area contributed by atoms with E-state index in [4.69, 9.17) is 23.2 Å². The van der Waals surface area contributed by atoms with Crippen molar-refractivity contribution >= 4 is 55.5 Å². The molecule has 12 heteroatoms. The van der Waals surface area contributed by atoms with Crippen molar-refractivity contribution in [3.63, 3.8) is 0 Å². The minimum atomic E-state index is -4.59. The molecule has 0 radical (unpaired) electrons. The van der Waals surface area contributed by atoms with Crippen LogP contribution in [0.1, 0.15) is 41.7 Å². The summed E-state index contributed by atoms with van der Waals surface area (Å²) in [4.78, 5) is 16.4. The number of nitrogens with zero attached hydrogens (tertiary/aromatic N) is 1. The van der Waals surface area contributed by atoms with Crippen LogP contribution in [0.15, 0.2) is 47.4 Å². The second-order valence-electron chi connectivity index (χ2n) is 8.79. The molecule has 192 valence electrons. The third-order valence-corrected chi connectivity index (χ3v) is 7.75. The Bertz CT molecular complexity index is 1420. The number of carbonyl (C=O) groups excluding carboxylic acids is 1. The van der Waals surface area contributed by atoms with Gasteiger partial charge in [-0.15, -0.1) is 0 Å². The van der Waals surface area contributed by atoms with E-state index in [1.807, 2.05) is 0 Å². The van der Waals surface area contributed by atoms with E-state index < -0.39 is 27.6 Å². The van der Waals surface area contributed by atoms with E-state index in [2.05, 4.69) is 15.6 Å². The summed E-state index contributed by atoms with van der Waals surface area (Å²) in [5.74, 6) is -0.416. The van der Waals surface area contributed by atoms with Gasteiger partial charge in [-0.2, -0.15) is 13.2 Å². The van der Waals surface area contributed by atoms with E-state index in [0.717, 1.165) is 12.3 Å². The van der Waals surface area contributed by atoms with Crippen molar-refractivity contribution in [2.24, 2.45) is 0 Å². The summed E-state index contributed by atoms with van der Waals surface area (Å²) in [6.07, 6.45) is -1.13. The van der Waals surface area contributed by atoms with Crippen molar-refractivity contribution in [3.05, 3.63) is 63.8 Å². The lowest BCUT2D eigenvalue weighted by molar-refractivity contribution is -0.140. The lowest BCUT2D eigenvalue weighted by Crippen LogP contribution is -2.40. The number of rotatable bonds is 5. The lowest BCUT2D eigenvalue weighted by Gasteiger charge is -2.31. The van der Waals surface area contributed by atoms with Gasteiger partial charge in [-0.3, -0.25) is 4.79 Å². The molecule has 1 aliphatic carbocycles. The summed E-state index contributed by atoms with van der Waals surface area (Å²) in [6.45, 7) is 0. The van der Waals surface area contributed by atoms with Gasteiger partial charge in [-0.05, 0) is 68.1 Å². The van der Waals surface area contributed by atoms with Crippen molar-refractivity contribution in [2.45, 2.75) is 48.8 Å². The number of hydrogen-bond acceptors (Lipinski definition) is 5. The Kier molecular flexibility index (Phi) is 7.41. The molecule has 0 bridgehead atoms. The highest BCUT2D eigenvalue weighted by Gasteiger charge is 2.34. The number of nitrogens with one attached hydrogen (secondary N) is 2. The minimum absolute atomic E-state index is 0.0224. The number of benzene rings is 2. The van der Waals surface area contributed by atoms with Gasteiger partial charge in [0.25, 0.3) is 5.91 Å². The first-order valence-electron chi connectivity index (χ1n) is 11.1. The first kappa shape index (κ1) is 26.5. The Hall–Kier alpha value is -2.56. The molecule has 6 nitrogen and oxygen atoms in total. The van der Waals surface area contributed by atoms with Crippen LogP contribution in [-0.2, 0) is 16.0 Å². The molecule has 1 amide bonds. The van der Waals surface area contributed by atoms with Crippen molar-refractivity contribution in [1.29, 1.82) is 0 Å². The first-order chi connectivity index (χ1) is 16.8. The van der Waals surface area contributed by atoms with Crippen molar-refractivity contribution in [3.8, 4) is 0 Å². The highest BCUT2D eigenvalue weighted by molar-refractivity contribution is 7.90. The van der Waals surface area contributed by atoms with Gasteiger partial charge in [0.1, 0.15) is 5.69 Å². The number of pyridine rings is 1. The predicted molar refractivity (Wildman–Crippen MR) is 133 cm³/mol. The number of aromatic nitrogens is 1. The Balaban J connectivity index is 1.43. The molecule has 0 atom stereocenters. The van der Waals surface area contributed by atoms with Crippen LogP contribution in [0, 0.1) is 0 Å². The molecule has 2 aromatic carbocycles. The molecule has 1 aliphatic rings. The average Bonchev–Trinajstić information content (AvgIpc) is 2.79. The zero-order valence-electron chi connectivity index (χ0n) is 19.0. The summed E-state index contributed by atoms with van der Waals surface area (Å²) in [5.41, 5.74) is -0.319. The number of fused-ring (bicyclic) bond motifs is 1. The molecule has 0 aliphatic heterocycles. The molecular formula is C24H22Cl2F3N3O3S. The molecule has 1 aromatic heterocycles. The number of anilines is 1. The van der Waals surface area contributed by atoms with Crippen LogP contribution in [0.2, 0.25) is 10.0 Å². The molecular weight excluding hydrogens is 538 g/mol. The quantitative estimate of drug-likeness (QED) is 0.393. The SMILES string of the molecule is CS(=O)(=O)c1ccc(C(=O)NC2CCC(Nc3cc(C(F)(F)F)nc4ccc(Cl)cc34)CC2)c(Cl)c1. The third kappa shape index (κ3) is 6.04. The summed E-state index contributed by atoms with van der Waals surface area (Å²) in [7, 11) is -3.45. The van der Waals surface area contributed by atoms with Gasteiger partial charge in [0.2, 0.25) is 0 Å². The Morgan fingerprint density at radius 3 is 2.28 bits per heavy atom. The van der Waals surface area contributed by atoms with Crippen LogP contribution in [0.3, 0.4) is 0 Å². The number of sulfone groups is 1. The topological polar surface area (TPSA) is 88.2 Å². The fourth-order valence-corrected chi connectivity index (χ4v) is 5.39. The maximum atomic E-state index is 13.4. The Morgan fingerprint density at radius 1 is 1.00 bits per heavy atom. The Morgan fingerprint density at radius 2 is 1.67 bits per heavy atom. The summed E-state index contributed by atoms with van der Waals surface area (Å²) in [6, 6.07) is 9.21. The van der Waals surface area contributed by atoms with E-state index >= 15 is 0 Å². The number of carbonyl (C=O) groups is 1. The maximum Gasteiger partial charge on any atom is 0.433 e. The monoisotopic (exact) mass is 559 g/mol. The van der Waals surface area contributed by atoms with Crippen molar-refractivity contribution < 1.29 is 26.4 Å². The smallest absolute Gasteiger partial charge is 0.382 e. The number of alkyl halides is 3. The zero-order chi connectivity index (χ0) is 26.3. The predicted octanol–water partition coefficient (Wildman–Crippen LogP) is 6.12. The number of amides is 1. The van der Waals surface area contributed by atoms with Gasteiger partial charge in [0.05, 0.1) is 21.0 Å². The van der Waals surface area contributed by atoms with E-state index in [0.29, 0.717) is 41.8 Å². The lowest BCUT2D eigenvalue weighted by atomic mass is 9.90. The average molecular weight is 560 g/mol. The second kappa shape index (κ2) is 10.1. The Labute approximate surface area is 216 Å². The summed E-state index contributed by atoms with van der Waals surface area (Å²) in [5, 5.41) is 7.04. The van der Waals surface area contributed by atoms with E-state index in [9.17, 15) is 26.4 Å². The van der Waals surface area contributed by atoms with E-state index in [1.54, 1.807) is 6.07 Å². The van der Waals surface area contributed by atoms with Crippen LogP contribution in [0.25, 0.3) is 10.9 Å². The third-order valence-electron chi connectivity index (χ3n) is 6.10. The van der Waals surface area contributed by atoms with Crippen LogP contribution >= 0.6 is 23.2 Å². The maximum absolute atomic E-state index is 13.4. The van der Waals surface area contributed by atoms with Gasteiger partial charge in [-0.1, -0.05) is 23.2 Å². The normalized spacial score (nSPS) is 18.7. The van der Waals surface area contributed by atoms with Gasteiger partial charge in [0.15, 0.2) is 9.84 Å². The van der Waals surface area contributed by atoms with Crippen LogP contribution in [-0.4, -0.2) is 37.6 Å². The zero-order valence-corrected chi connectivity index (χ0v) is 21.3. The van der Waals surface area contributed by atoms with Crippen LogP contribution < -0.4 is 10.6 Å². The standard InChI is InChI=1S/C24H22Cl2F3N3O3S/c1-36(34,35)16-7-8-17(19(26)11-16)23(33)31-15-5-3-14(4-6-15)30-21-12-22(24(27,28)29)32-20-9-2-13(25)10-18(20)21/h2,7-12,14-15H,3-6H2,1H3,(H,30,32)(H,31,33). The summed E-state index contributed by atoms with van der Waals surface area (Å²) >= 11 is 12.2. The highest BCUT2D eigenvalue weighted by atomic mass is 35.5. The van der Waals surface area contributed by atoms with E-state index in [1.165, 1.54) is 30.3 Å². The number of hydrogen-bond donors (Lipinski definition) is 2.